The van der Waals surface area contributed by atoms with Gasteiger partial charge in [-0.2, -0.15) is 0 Å². The number of nitrogens with zero attached hydrogens (tertiary/aromatic N) is 1. The molecule has 0 N–H and O–H groups in total. The molecule has 3 aromatic heterocycles. The highest BCUT2D eigenvalue weighted by Gasteiger charge is 2.19. The van der Waals surface area contributed by atoms with Crippen molar-refractivity contribution in [3.05, 3.63) is 125 Å². The molecule has 0 saturated carbocycles. The molecule has 1 atom stereocenters. The van der Waals surface area contributed by atoms with Gasteiger partial charge in [0, 0.05) is 42.1 Å². The lowest BCUT2D eigenvalue weighted by Gasteiger charge is -2.14. The molecule has 1 aliphatic rings. The Bertz CT molecular complexity index is 2330. The second-order valence-electron chi connectivity index (χ2n) is 10.5. The van der Waals surface area contributed by atoms with E-state index in [0.717, 1.165) is 17.6 Å². The van der Waals surface area contributed by atoms with Crippen LogP contribution < -0.4 is 9.75 Å². The lowest BCUT2D eigenvalue weighted by atomic mass is 9.91. The van der Waals surface area contributed by atoms with Gasteiger partial charge < -0.3 is 8.98 Å². The SMILES string of the molecule is C1=c2sc3cccc(-n4c5ccccc5c5ccccc54)c3c2=CCC1c1ccc2oc3ccccc3c2c1. The monoisotopic (exact) mass is 517 g/mol. The van der Waals surface area contributed by atoms with E-state index in [9.17, 15) is 0 Å². The van der Waals surface area contributed by atoms with E-state index in [2.05, 4.69) is 114 Å². The first-order valence-corrected chi connectivity index (χ1v) is 14.3. The van der Waals surface area contributed by atoms with Crippen LogP contribution in [0.3, 0.4) is 0 Å². The van der Waals surface area contributed by atoms with E-state index in [0.29, 0.717) is 5.92 Å². The van der Waals surface area contributed by atoms with Crippen molar-refractivity contribution in [2.24, 2.45) is 0 Å². The van der Waals surface area contributed by atoms with Crippen molar-refractivity contribution in [2.45, 2.75) is 12.3 Å². The fourth-order valence-electron chi connectivity index (χ4n) is 6.57. The zero-order chi connectivity index (χ0) is 25.5. The van der Waals surface area contributed by atoms with Crippen LogP contribution in [-0.2, 0) is 0 Å². The Labute approximate surface area is 228 Å². The number of benzene rings is 5. The first kappa shape index (κ1) is 21.3. The van der Waals surface area contributed by atoms with Crippen LogP contribution >= 0.6 is 11.3 Å². The van der Waals surface area contributed by atoms with Gasteiger partial charge >= 0.3 is 0 Å². The highest BCUT2D eigenvalue weighted by Crippen LogP contribution is 2.36. The van der Waals surface area contributed by atoms with Gasteiger partial charge in [-0.1, -0.05) is 78.9 Å². The summed E-state index contributed by atoms with van der Waals surface area (Å²) in [6.45, 7) is 0. The molecule has 8 aromatic rings. The number of thiophene rings is 1. The number of rotatable bonds is 2. The van der Waals surface area contributed by atoms with Gasteiger partial charge in [0.15, 0.2) is 0 Å². The van der Waals surface area contributed by atoms with Gasteiger partial charge in [0.1, 0.15) is 11.2 Å². The van der Waals surface area contributed by atoms with Crippen molar-refractivity contribution in [3.8, 4) is 5.69 Å². The maximum Gasteiger partial charge on any atom is 0.135 e. The number of furan rings is 1. The first-order valence-electron chi connectivity index (χ1n) is 13.5. The minimum Gasteiger partial charge on any atom is -0.456 e. The van der Waals surface area contributed by atoms with E-state index >= 15 is 0 Å². The molecular weight excluding hydrogens is 494 g/mol. The Morgan fingerprint density at radius 1 is 0.667 bits per heavy atom. The van der Waals surface area contributed by atoms with Crippen LogP contribution in [0.1, 0.15) is 17.9 Å². The molecule has 2 nitrogen and oxygen atoms in total. The van der Waals surface area contributed by atoms with Gasteiger partial charge in [0.2, 0.25) is 0 Å². The topological polar surface area (TPSA) is 18.1 Å². The zero-order valence-corrected chi connectivity index (χ0v) is 21.9. The lowest BCUT2D eigenvalue weighted by Crippen LogP contribution is -2.24. The van der Waals surface area contributed by atoms with Crippen LogP contribution in [0, 0.1) is 0 Å². The van der Waals surface area contributed by atoms with Crippen LogP contribution in [0.4, 0.5) is 0 Å². The van der Waals surface area contributed by atoms with Gasteiger partial charge in [0.05, 0.1) is 16.7 Å². The molecule has 0 aliphatic heterocycles. The molecule has 0 saturated heterocycles. The smallest absolute Gasteiger partial charge is 0.135 e. The third-order valence-corrected chi connectivity index (χ3v) is 9.47. The van der Waals surface area contributed by atoms with E-state index < -0.39 is 0 Å². The summed E-state index contributed by atoms with van der Waals surface area (Å²) in [5, 5.41) is 7.72. The summed E-state index contributed by atoms with van der Waals surface area (Å²) in [6, 6.07) is 39.3. The fraction of sp³-hybridized carbons (Fsp3) is 0.0556. The Hall–Kier alpha value is -4.60. The zero-order valence-electron chi connectivity index (χ0n) is 21.1. The lowest BCUT2D eigenvalue weighted by molar-refractivity contribution is 0.668. The van der Waals surface area contributed by atoms with E-state index in [-0.39, 0.29) is 0 Å². The average Bonchev–Trinajstić information content (AvgIpc) is 3.66. The third-order valence-electron chi connectivity index (χ3n) is 8.34. The molecule has 3 heterocycles. The molecule has 9 rings (SSSR count). The Morgan fingerprint density at radius 3 is 2.21 bits per heavy atom. The van der Waals surface area contributed by atoms with E-state index in [1.165, 1.54) is 63.7 Å². The summed E-state index contributed by atoms with van der Waals surface area (Å²) in [5.74, 6) is 0.348. The van der Waals surface area contributed by atoms with Crippen LogP contribution in [0.2, 0.25) is 0 Å². The predicted octanol–water partition coefficient (Wildman–Crippen LogP) is 8.65. The number of hydrogen-bond acceptors (Lipinski definition) is 2. The summed E-state index contributed by atoms with van der Waals surface area (Å²) in [4.78, 5) is 0. The minimum atomic E-state index is 0.348. The van der Waals surface area contributed by atoms with E-state index in [4.69, 9.17) is 4.42 Å². The molecule has 0 radical (unpaired) electrons. The van der Waals surface area contributed by atoms with Gasteiger partial charge in [-0.3, -0.25) is 0 Å². The van der Waals surface area contributed by atoms with Crippen molar-refractivity contribution < 1.29 is 4.42 Å². The van der Waals surface area contributed by atoms with Gasteiger partial charge in [0.25, 0.3) is 0 Å². The predicted molar refractivity (Wildman–Crippen MR) is 165 cm³/mol. The maximum atomic E-state index is 6.08. The largest absolute Gasteiger partial charge is 0.456 e. The van der Waals surface area contributed by atoms with Crippen LogP contribution in [0.5, 0.6) is 0 Å². The van der Waals surface area contributed by atoms with Crippen molar-refractivity contribution >= 4 is 77.3 Å². The van der Waals surface area contributed by atoms with Crippen LogP contribution in [-0.4, -0.2) is 4.57 Å². The summed E-state index contributed by atoms with van der Waals surface area (Å²) >= 11 is 1.91. The summed E-state index contributed by atoms with van der Waals surface area (Å²) in [6.07, 6.45) is 5.94. The van der Waals surface area contributed by atoms with Crippen LogP contribution in [0.25, 0.3) is 71.7 Å². The van der Waals surface area contributed by atoms with Crippen molar-refractivity contribution in [1.29, 1.82) is 0 Å². The Kier molecular flexibility index (Phi) is 4.35. The fourth-order valence-corrected chi connectivity index (χ4v) is 7.80. The molecule has 0 fully saturated rings. The Morgan fingerprint density at radius 2 is 1.38 bits per heavy atom. The molecule has 0 spiro atoms. The van der Waals surface area contributed by atoms with Gasteiger partial charge in [-0.05, 0) is 59.7 Å². The summed E-state index contributed by atoms with van der Waals surface area (Å²) < 4.78 is 11.2. The summed E-state index contributed by atoms with van der Waals surface area (Å²) in [5.41, 5.74) is 7.02. The first-order chi connectivity index (χ1) is 19.3. The molecule has 39 heavy (non-hydrogen) atoms. The normalized spacial score (nSPS) is 15.2. The Balaban J connectivity index is 1.26. The van der Waals surface area contributed by atoms with E-state index in [1.54, 1.807) is 0 Å². The van der Waals surface area contributed by atoms with Gasteiger partial charge in [-0.15, -0.1) is 11.3 Å². The second-order valence-corrected chi connectivity index (χ2v) is 11.6. The average molecular weight is 518 g/mol. The molecule has 1 unspecified atom stereocenters. The minimum absolute atomic E-state index is 0.348. The quantitative estimate of drug-likeness (QED) is 0.224. The maximum absolute atomic E-state index is 6.08. The molecule has 184 valence electrons. The molecule has 0 amide bonds. The van der Waals surface area contributed by atoms with Gasteiger partial charge in [-0.25, -0.2) is 0 Å². The molecule has 5 aromatic carbocycles. The van der Waals surface area contributed by atoms with Crippen LogP contribution in [0.15, 0.2) is 114 Å². The van der Waals surface area contributed by atoms with E-state index in [1.807, 2.05) is 23.5 Å². The third kappa shape index (κ3) is 3.02. The summed E-state index contributed by atoms with van der Waals surface area (Å²) in [7, 11) is 0. The standard InChI is InChI=1S/C36H23NOS/c1-4-11-29-24(8-1)25-9-2-5-12-30(25)37(29)31-13-7-15-34-36(31)27-18-16-23(21-35(27)39-34)22-17-19-33-28(20-22)26-10-3-6-14-32(26)38-33/h1-15,17-21,23H,16H2. The number of para-hydroxylation sites is 3. The van der Waals surface area contributed by atoms with Crippen molar-refractivity contribution in [1.82, 2.24) is 4.57 Å². The highest BCUT2D eigenvalue weighted by molar-refractivity contribution is 7.17. The highest BCUT2D eigenvalue weighted by atomic mass is 32.1. The molecular formula is C36H23NOS. The molecule has 0 bridgehead atoms. The van der Waals surface area contributed by atoms with Crippen molar-refractivity contribution in [3.63, 3.8) is 0 Å². The number of hydrogen-bond donors (Lipinski definition) is 0. The van der Waals surface area contributed by atoms with Crippen molar-refractivity contribution in [2.75, 3.05) is 0 Å². The molecule has 3 heteroatoms. The second kappa shape index (κ2) is 7.95. The molecule has 1 aliphatic carbocycles. The number of aromatic nitrogens is 1. The number of fused-ring (bicyclic) bond motifs is 9.